The minimum atomic E-state index is -0.439. The van der Waals surface area contributed by atoms with Gasteiger partial charge in [0.15, 0.2) is 0 Å². The number of unbranched alkanes of at least 4 members (excludes halogenated alkanes) is 6. The number of aromatic amines is 1. The summed E-state index contributed by atoms with van der Waals surface area (Å²) < 4.78 is 0. The molecule has 0 aliphatic rings. The minimum Gasteiger partial charge on any atom is -0.347 e. The quantitative estimate of drug-likeness (QED) is 0.290. The summed E-state index contributed by atoms with van der Waals surface area (Å²) in [6.45, 7) is 2.05. The molecule has 0 saturated carbocycles. The number of hydrazone groups is 1. The second-order valence-electron chi connectivity index (χ2n) is 7.08. The number of hydrogen-bond acceptors (Lipinski definition) is 4. The Kier molecular flexibility index (Phi) is 9.62. The Hall–Kier alpha value is -2.96. The van der Waals surface area contributed by atoms with E-state index in [4.69, 9.17) is 0 Å². The number of fused-ring (bicyclic) bond motifs is 1. The van der Waals surface area contributed by atoms with Crippen LogP contribution in [0.4, 0.5) is 0 Å². The van der Waals surface area contributed by atoms with Crippen molar-refractivity contribution >= 4 is 28.9 Å². The molecule has 7 nitrogen and oxygen atoms in total. The highest BCUT2D eigenvalue weighted by molar-refractivity contribution is 5.89. The van der Waals surface area contributed by atoms with Crippen LogP contribution in [0.3, 0.4) is 0 Å². The standard InChI is InChI=1S/C22H30N4O3/c1-2-3-4-5-6-7-8-13-20(27)23-16-21(28)26-24-15-18-14-17-11-9-10-12-19(17)25-22(18)29/h9-12,14-15H,2-8,13,16H2,1H3,(H,23,27)(H,25,29)(H,26,28)/b24-15+. The molecule has 2 rings (SSSR count). The summed E-state index contributed by atoms with van der Waals surface area (Å²) in [4.78, 5) is 38.3. The Morgan fingerprint density at radius 2 is 1.76 bits per heavy atom. The lowest BCUT2D eigenvalue weighted by molar-refractivity contribution is -0.126. The summed E-state index contributed by atoms with van der Waals surface area (Å²) in [5, 5.41) is 7.26. The van der Waals surface area contributed by atoms with Crippen LogP contribution in [0.15, 0.2) is 40.2 Å². The van der Waals surface area contributed by atoms with Crippen LogP contribution >= 0.6 is 0 Å². The zero-order chi connectivity index (χ0) is 20.9. The molecule has 29 heavy (non-hydrogen) atoms. The number of nitrogens with zero attached hydrogens (tertiary/aromatic N) is 1. The first kappa shape index (κ1) is 22.3. The SMILES string of the molecule is CCCCCCCCCC(=O)NCC(=O)N/N=C/c1cc2ccccc2[nH]c1=O. The summed E-state index contributed by atoms with van der Waals surface area (Å²) in [6, 6.07) is 9.11. The van der Waals surface area contributed by atoms with Gasteiger partial charge in [0.25, 0.3) is 11.5 Å². The van der Waals surface area contributed by atoms with Crippen molar-refractivity contribution in [3.05, 3.63) is 46.2 Å². The lowest BCUT2D eigenvalue weighted by Gasteiger charge is -2.04. The third kappa shape index (κ3) is 8.29. The van der Waals surface area contributed by atoms with Crippen molar-refractivity contribution in [1.82, 2.24) is 15.7 Å². The van der Waals surface area contributed by atoms with Crippen molar-refractivity contribution < 1.29 is 9.59 Å². The average Bonchev–Trinajstić information content (AvgIpc) is 2.72. The number of hydrogen-bond donors (Lipinski definition) is 3. The van der Waals surface area contributed by atoms with Crippen LogP contribution in [0, 0.1) is 0 Å². The summed E-state index contributed by atoms with van der Waals surface area (Å²) in [5.41, 5.74) is 3.11. The van der Waals surface area contributed by atoms with Gasteiger partial charge in [0.1, 0.15) is 0 Å². The van der Waals surface area contributed by atoms with Gasteiger partial charge >= 0.3 is 0 Å². The van der Waals surface area contributed by atoms with Gasteiger partial charge in [-0.05, 0) is 23.9 Å². The maximum atomic E-state index is 12.0. The van der Waals surface area contributed by atoms with Crippen LogP contribution in [0.1, 0.15) is 63.9 Å². The molecular weight excluding hydrogens is 368 g/mol. The third-order valence-corrected chi connectivity index (χ3v) is 4.63. The van der Waals surface area contributed by atoms with Gasteiger partial charge in [-0.3, -0.25) is 14.4 Å². The smallest absolute Gasteiger partial charge is 0.259 e. The number of H-pyrrole nitrogens is 1. The van der Waals surface area contributed by atoms with Crippen molar-refractivity contribution in [2.75, 3.05) is 6.54 Å². The Morgan fingerprint density at radius 1 is 1.03 bits per heavy atom. The van der Waals surface area contributed by atoms with E-state index in [2.05, 4.69) is 27.8 Å². The van der Waals surface area contributed by atoms with Gasteiger partial charge in [-0.2, -0.15) is 5.10 Å². The third-order valence-electron chi connectivity index (χ3n) is 4.63. The summed E-state index contributed by atoms with van der Waals surface area (Å²) in [7, 11) is 0. The van der Waals surface area contributed by atoms with Gasteiger partial charge in [0.05, 0.1) is 18.3 Å². The zero-order valence-corrected chi connectivity index (χ0v) is 17.0. The second kappa shape index (κ2) is 12.5. The molecule has 7 heteroatoms. The molecule has 0 saturated heterocycles. The molecule has 0 spiro atoms. The maximum absolute atomic E-state index is 12.0. The van der Waals surface area contributed by atoms with Crippen LogP contribution in [0.2, 0.25) is 0 Å². The first-order valence-corrected chi connectivity index (χ1v) is 10.3. The molecule has 2 amide bonds. The molecule has 0 aliphatic heterocycles. The Bertz CT molecular complexity index is 889. The molecule has 1 aromatic carbocycles. The van der Waals surface area contributed by atoms with Crippen molar-refractivity contribution in [3.63, 3.8) is 0 Å². The van der Waals surface area contributed by atoms with Gasteiger partial charge in [-0.1, -0.05) is 63.6 Å². The fraction of sp³-hybridized carbons (Fsp3) is 0.455. The highest BCUT2D eigenvalue weighted by atomic mass is 16.2. The number of nitrogens with one attached hydrogen (secondary N) is 3. The van der Waals surface area contributed by atoms with Gasteiger partial charge in [-0.25, -0.2) is 5.43 Å². The molecule has 156 valence electrons. The topological polar surface area (TPSA) is 103 Å². The summed E-state index contributed by atoms with van der Waals surface area (Å²) in [6.07, 6.45) is 9.72. The Labute approximate surface area is 171 Å². The Morgan fingerprint density at radius 3 is 2.55 bits per heavy atom. The molecular formula is C22H30N4O3. The molecule has 0 fully saturated rings. The van der Waals surface area contributed by atoms with Crippen molar-refractivity contribution in [2.45, 2.75) is 58.3 Å². The van der Waals surface area contributed by atoms with Gasteiger partial charge in [0, 0.05) is 11.9 Å². The molecule has 1 aromatic heterocycles. The second-order valence-corrected chi connectivity index (χ2v) is 7.08. The molecule has 0 atom stereocenters. The van der Waals surface area contributed by atoms with Crippen LogP contribution in [-0.2, 0) is 9.59 Å². The lowest BCUT2D eigenvalue weighted by Crippen LogP contribution is -2.34. The van der Waals surface area contributed by atoms with E-state index in [0.717, 1.165) is 30.2 Å². The molecule has 3 N–H and O–H groups in total. The van der Waals surface area contributed by atoms with E-state index in [1.807, 2.05) is 24.3 Å². The zero-order valence-electron chi connectivity index (χ0n) is 17.0. The molecule has 0 unspecified atom stereocenters. The van der Waals surface area contributed by atoms with E-state index in [-0.39, 0.29) is 18.0 Å². The Balaban J connectivity index is 1.66. The fourth-order valence-electron chi connectivity index (χ4n) is 2.98. The molecule has 0 aliphatic carbocycles. The predicted octanol–water partition coefficient (Wildman–Crippen LogP) is 3.24. The predicted molar refractivity (Wildman–Crippen MR) is 116 cm³/mol. The van der Waals surface area contributed by atoms with Crippen LogP contribution in [0.25, 0.3) is 10.9 Å². The highest BCUT2D eigenvalue weighted by Crippen LogP contribution is 2.09. The first-order chi connectivity index (χ1) is 14.1. The fourth-order valence-corrected chi connectivity index (χ4v) is 2.98. The summed E-state index contributed by atoms with van der Waals surface area (Å²) in [5.74, 6) is -0.574. The molecule has 1 heterocycles. The van der Waals surface area contributed by atoms with E-state index in [1.165, 1.54) is 31.9 Å². The number of carbonyl (C=O) groups excluding carboxylic acids is 2. The summed E-state index contributed by atoms with van der Waals surface area (Å²) >= 11 is 0. The van der Waals surface area contributed by atoms with E-state index >= 15 is 0 Å². The lowest BCUT2D eigenvalue weighted by atomic mass is 10.1. The van der Waals surface area contributed by atoms with Crippen molar-refractivity contribution in [3.8, 4) is 0 Å². The number of pyridine rings is 1. The minimum absolute atomic E-state index is 0.135. The first-order valence-electron chi connectivity index (χ1n) is 10.3. The van der Waals surface area contributed by atoms with E-state index in [0.29, 0.717) is 12.0 Å². The largest absolute Gasteiger partial charge is 0.347 e. The van der Waals surface area contributed by atoms with Gasteiger partial charge < -0.3 is 10.3 Å². The number of aromatic nitrogens is 1. The van der Waals surface area contributed by atoms with Crippen molar-refractivity contribution in [1.29, 1.82) is 0 Å². The van der Waals surface area contributed by atoms with Crippen molar-refractivity contribution in [2.24, 2.45) is 5.10 Å². The average molecular weight is 399 g/mol. The van der Waals surface area contributed by atoms with Crippen LogP contribution in [0.5, 0.6) is 0 Å². The molecule has 2 aromatic rings. The maximum Gasteiger partial charge on any atom is 0.259 e. The van der Waals surface area contributed by atoms with Crippen LogP contribution in [-0.4, -0.2) is 29.6 Å². The number of benzene rings is 1. The van der Waals surface area contributed by atoms with Gasteiger partial charge in [-0.15, -0.1) is 0 Å². The number of rotatable bonds is 12. The van der Waals surface area contributed by atoms with Crippen LogP contribution < -0.4 is 16.3 Å². The number of carbonyl (C=O) groups is 2. The normalized spacial score (nSPS) is 11.1. The number of para-hydroxylation sites is 1. The molecule has 0 bridgehead atoms. The van der Waals surface area contributed by atoms with E-state index < -0.39 is 5.91 Å². The van der Waals surface area contributed by atoms with E-state index in [1.54, 1.807) is 6.07 Å². The monoisotopic (exact) mass is 398 g/mol. The molecule has 0 radical (unpaired) electrons. The van der Waals surface area contributed by atoms with E-state index in [9.17, 15) is 14.4 Å². The van der Waals surface area contributed by atoms with Gasteiger partial charge in [0.2, 0.25) is 5.91 Å². The number of amides is 2. The highest BCUT2D eigenvalue weighted by Gasteiger charge is 2.05.